The molecule has 146 valence electrons. The minimum atomic E-state index is -0.900. The third kappa shape index (κ3) is 4.57. The first-order valence-corrected chi connectivity index (χ1v) is 9.24. The molecular formula is C22H23NO5. The molecule has 0 spiro atoms. The van der Waals surface area contributed by atoms with Crippen LogP contribution >= 0.6 is 0 Å². The zero-order valence-electron chi connectivity index (χ0n) is 16.0. The molecule has 0 N–H and O–H groups in total. The van der Waals surface area contributed by atoms with Crippen LogP contribution in [0.15, 0.2) is 48.5 Å². The number of amides is 1. The number of methoxy groups -OCH3 is 1. The third-order valence-electron chi connectivity index (χ3n) is 4.76. The van der Waals surface area contributed by atoms with E-state index in [1.54, 1.807) is 62.6 Å². The van der Waals surface area contributed by atoms with Gasteiger partial charge in [-0.25, -0.2) is 4.79 Å². The molecule has 1 fully saturated rings. The van der Waals surface area contributed by atoms with Gasteiger partial charge >= 0.3 is 5.97 Å². The second-order valence-corrected chi connectivity index (χ2v) is 6.76. The normalized spacial score (nSPS) is 14.6. The summed E-state index contributed by atoms with van der Waals surface area (Å²) in [6.07, 6.45) is 0.594. The number of hydrogen-bond acceptors (Lipinski definition) is 5. The summed E-state index contributed by atoms with van der Waals surface area (Å²) in [4.78, 5) is 38.3. The smallest absolute Gasteiger partial charge is 0.338 e. The van der Waals surface area contributed by atoms with Crippen LogP contribution in [0.5, 0.6) is 5.75 Å². The van der Waals surface area contributed by atoms with E-state index in [4.69, 9.17) is 9.47 Å². The van der Waals surface area contributed by atoms with Crippen LogP contribution in [0.3, 0.4) is 0 Å². The van der Waals surface area contributed by atoms with E-state index in [2.05, 4.69) is 0 Å². The lowest BCUT2D eigenvalue weighted by atomic mass is 10.1. The summed E-state index contributed by atoms with van der Waals surface area (Å²) in [5.74, 6) is -0.0235. The van der Waals surface area contributed by atoms with Gasteiger partial charge in [0.15, 0.2) is 6.10 Å². The standard InChI is InChI=1S/C22H23NO5/c1-15(21(25)17-9-11-19(27-2)12-10-17)28-22(26)18-7-5-16(6-8-18)14-23-13-3-4-20(23)24/h5-12,15H,3-4,13-14H2,1-2H3/t15-/m1/s1. The Bertz CT molecular complexity index is 858. The lowest BCUT2D eigenvalue weighted by Crippen LogP contribution is -2.25. The van der Waals surface area contributed by atoms with Crippen molar-refractivity contribution < 1.29 is 23.9 Å². The number of Topliss-reactive ketones (excluding diaryl/α,β-unsaturated/α-hetero) is 1. The number of carbonyl (C=O) groups excluding carboxylic acids is 3. The molecule has 0 bridgehead atoms. The Labute approximate surface area is 164 Å². The molecule has 1 aliphatic heterocycles. The Hall–Kier alpha value is -3.15. The highest BCUT2D eigenvalue weighted by Gasteiger charge is 2.22. The Morgan fingerprint density at radius 3 is 2.25 bits per heavy atom. The number of ketones is 1. The van der Waals surface area contributed by atoms with Crippen molar-refractivity contribution in [3.63, 3.8) is 0 Å². The average Bonchev–Trinajstić information content (AvgIpc) is 3.12. The molecule has 2 aromatic rings. The molecule has 0 radical (unpaired) electrons. The fourth-order valence-corrected chi connectivity index (χ4v) is 3.11. The van der Waals surface area contributed by atoms with Crippen LogP contribution in [0.4, 0.5) is 0 Å². The number of nitrogens with zero attached hydrogens (tertiary/aromatic N) is 1. The maximum atomic E-state index is 12.4. The predicted octanol–water partition coefficient (Wildman–Crippen LogP) is 3.25. The number of hydrogen-bond donors (Lipinski definition) is 0. The number of ether oxygens (including phenoxy) is 2. The molecule has 1 amide bonds. The molecule has 28 heavy (non-hydrogen) atoms. The van der Waals surface area contributed by atoms with Crippen molar-refractivity contribution in [2.75, 3.05) is 13.7 Å². The molecular weight excluding hydrogens is 358 g/mol. The van der Waals surface area contributed by atoms with Crippen LogP contribution in [0.1, 0.15) is 46.0 Å². The maximum absolute atomic E-state index is 12.4. The lowest BCUT2D eigenvalue weighted by Gasteiger charge is -2.16. The summed E-state index contributed by atoms with van der Waals surface area (Å²) in [6, 6.07) is 13.6. The van der Waals surface area contributed by atoms with Crippen LogP contribution < -0.4 is 4.74 Å². The SMILES string of the molecule is COc1ccc(C(=O)[C@@H](C)OC(=O)c2ccc(CN3CCCC3=O)cc2)cc1. The van der Waals surface area contributed by atoms with Gasteiger partial charge in [-0.1, -0.05) is 12.1 Å². The number of rotatable bonds is 7. The second kappa shape index (κ2) is 8.69. The largest absolute Gasteiger partial charge is 0.497 e. The fraction of sp³-hybridized carbons (Fsp3) is 0.318. The molecule has 0 saturated carbocycles. The Morgan fingerprint density at radius 1 is 1.04 bits per heavy atom. The molecule has 2 aromatic carbocycles. The first-order valence-electron chi connectivity index (χ1n) is 9.24. The van der Waals surface area contributed by atoms with Crippen molar-refractivity contribution in [2.45, 2.75) is 32.4 Å². The topological polar surface area (TPSA) is 72.9 Å². The molecule has 0 unspecified atom stereocenters. The lowest BCUT2D eigenvalue weighted by molar-refractivity contribution is -0.128. The van der Waals surface area contributed by atoms with E-state index in [0.29, 0.717) is 29.8 Å². The van der Waals surface area contributed by atoms with E-state index in [1.165, 1.54) is 0 Å². The van der Waals surface area contributed by atoms with Crippen LogP contribution in [0.25, 0.3) is 0 Å². The van der Waals surface area contributed by atoms with Crippen molar-refractivity contribution in [1.29, 1.82) is 0 Å². The molecule has 1 saturated heterocycles. The van der Waals surface area contributed by atoms with Crippen molar-refractivity contribution in [3.05, 3.63) is 65.2 Å². The van der Waals surface area contributed by atoms with Crippen molar-refractivity contribution >= 4 is 17.7 Å². The summed E-state index contributed by atoms with van der Waals surface area (Å²) < 4.78 is 10.4. The first kappa shape index (κ1) is 19.6. The molecule has 1 atom stereocenters. The van der Waals surface area contributed by atoms with E-state index >= 15 is 0 Å². The van der Waals surface area contributed by atoms with Crippen molar-refractivity contribution in [1.82, 2.24) is 4.90 Å². The van der Waals surface area contributed by atoms with Crippen LogP contribution in [-0.2, 0) is 16.1 Å². The van der Waals surface area contributed by atoms with Crippen LogP contribution in [0, 0.1) is 0 Å². The van der Waals surface area contributed by atoms with E-state index in [0.717, 1.165) is 18.5 Å². The molecule has 1 aliphatic rings. The Balaban J connectivity index is 1.58. The monoisotopic (exact) mass is 381 g/mol. The zero-order chi connectivity index (χ0) is 20.1. The summed E-state index contributed by atoms with van der Waals surface area (Å²) in [5.41, 5.74) is 1.77. The minimum Gasteiger partial charge on any atom is -0.497 e. The van der Waals surface area contributed by atoms with Gasteiger partial charge in [-0.05, 0) is 55.3 Å². The number of esters is 1. The van der Waals surface area contributed by atoms with E-state index in [1.807, 2.05) is 4.90 Å². The van der Waals surface area contributed by atoms with Gasteiger partial charge in [0.05, 0.1) is 12.7 Å². The summed E-state index contributed by atoms with van der Waals surface area (Å²) in [7, 11) is 1.55. The number of carbonyl (C=O) groups is 3. The van der Waals surface area contributed by atoms with Crippen LogP contribution in [-0.4, -0.2) is 42.3 Å². The van der Waals surface area contributed by atoms with Gasteiger partial charge in [0, 0.05) is 25.1 Å². The molecule has 6 heteroatoms. The second-order valence-electron chi connectivity index (χ2n) is 6.76. The maximum Gasteiger partial charge on any atom is 0.338 e. The molecule has 6 nitrogen and oxygen atoms in total. The Kier molecular flexibility index (Phi) is 6.09. The highest BCUT2D eigenvalue weighted by molar-refractivity contribution is 6.01. The van der Waals surface area contributed by atoms with E-state index in [-0.39, 0.29) is 11.7 Å². The minimum absolute atomic E-state index is 0.161. The van der Waals surface area contributed by atoms with Gasteiger partial charge in [-0.2, -0.15) is 0 Å². The molecule has 0 aliphatic carbocycles. The van der Waals surface area contributed by atoms with E-state index < -0.39 is 12.1 Å². The molecule has 0 aromatic heterocycles. The van der Waals surface area contributed by atoms with Crippen LogP contribution in [0.2, 0.25) is 0 Å². The zero-order valence-corrected chi connectivity index (χ0v) is 16.0. The molecule has 3 rings (SSSR count). The highest BCUT2D eigenvalue weighted by atomic mass is 16.5. The first-order chi connectivity index (χ1) is 13.5. The number of benzene rings is 2. The third-order valence-corrected chi connectivity index (χ3v) is 4.76. The van der Waals surface area contributed by atoms with Gasteiger partial charge in [-0.15, -0.1) is 0 Å². The fourth-order valence-electron chi connectivity index (χ4n) is 3.11. The predicted molar refractivity (Wildman–Crippen MR) is 103 cm³/mol. The van der Waals surface area contributed by atoms with Gasteiger partial charge in [0.1, 0.15) is 5.75 Å². The summed E-state index contributed by atoms with van der Waals surface area (Å²) in [6.45, 7) is 2.87. The summed E-state index contributed by atoms with van der Waals surface area (Å²) in [5, 5.41) is 0. The quantitative estimate of drug-likeness (QED) is 0.544. The Morgan fingerprint density at radius 2 is 1.68 bits per heavy atom. The molecule has 1 heterocycles. The van der Waals surface area contributed by atoms with E-state index in [9.17, 15) is 14.4 Å². The average molecular weight is 381 g/mol. The van der Waals surface area contributed by atoms with Gasteiger partial charge in [0.25, 0.3) is 0 Å². The number of likely N-dealkylation sites (tertiary alicyclic amines) is 1. The summed E-state index contributed by atoms with van der Waals surface area (Å²) >= 11 is 0. The van der Waals surface area contributed by atoms with Gasteiger partial charge < -0.3 is 14.4 Å². The van der Waals surface area contributed by atoms with Gasteiger partial charge in [0.2, 0.25) is 11.7 Å². The van der Waals surface area contributed by atoms with Crippen molar-refractivity contribution in [3.8, 4) is 5.75 Å². The van der Waals surface area contributed by atoms with Gasteiger partial charge in [-0.3, -0.25) is 9.59 Å². The highest BCUT2D eigenvalue weighted by Crippen LogP contribution is 2.17. The van der Waals surface area contributed by atoms with Crippen molar-refractivity contribution in [2.24, 2.45) is 0 Å².